The van der Waals surface area contributed by atoms with Gasteiger partial charge in [0.05, 0.1) is 11.6 Å². The molecule has 2 heteroatoms. The van der Waals surface area contributed by atoms with Gasteiger partial charge < -0.3 is 10.5 Å². The van der Waals surface area contributed by atoms with E-state index in [-0.39, 0.29) is 11.6 Å². The van der Waals surface area contributed by atoms with Gasteiger partial charge >= 0.3 is 0 Å². The van der Waals surface area contributed by atoms with Crippen LogP contribution in [-0.4, -0.2) is 12.2 Å². The van der Waals surface area contributed by atoms with E-state index >= 15 is 0 Å². The quantitative estimate of drug-likeness (QED) is 0.868. The van der Waals surface area contributed by atoms with E-state index in [2.05, 4.69) is 45.0 Å². The lowest BCUT2D eigenvalue weighted by Gasteiger charge is -2.30. The molecule has 0 saturated carbocycles. The van der Waals surface area contributed by atoms with E-state index in [0.717, 1.165) is 19.4 Å². The lowest BCUT2D eigenvalue weighted by molar-refractivity contribution is -0.00173. The molecule has 1 heterocycles. The molecule has 0 spiro atoms. The van der Waals surface area contributed by atoms with Gasteiger partial charge in [-0.2, -0.15) is 0 Å². The molecule has 17 heavy (non-hydrogen) atoms. The molecular weight excluding hydrogens is 210 g/mol. The average Bonchev–Trinajstić information content (AvgIpc) is 2.76. The van der Waals surface area contributed by atoms with E-state index in [1.165, 1.54) is 11.1 Å². The smallest absolute Gasteiger partial charge is 0.0847 e. The van der Waals surface area contributed by atoms with Crippen LogP contribution >= 0.6 is 0 Å². The number of hydrogen-bond acceptors (Lipinski definition) is 2. The Balaban J connectivity index is 2.16. The zero-order valence-electron chi connectivity index (χ0n) is 11.1. The van der Waals surface area contributed by atoms with Gasteiger partial charge in [-0.1, -0.05) is 38.1 Å². The number of nitrogens with two attached hydrogens (primary N) is 1. The van der Waals surface area contributed by atoms with Gasteiger partial charge in [-0.05, 0) is 36.8 Å². The molecule has 2 rings (SSSR count). The minimum absolute atomic E-state index is 0.0220. The Hall–Kier alpha value is -0.860. The Kier molecular flexibility index (Phi) is 3.55. The third kappa shape index (κ3) is 2.53. The van der Waals surface area contributed by atoms with Crippen molar-refractivity contribution < 1.29 is 4.74 Å². The van der Waals surface area contributed by atoms with Gasteiger partial charge in [-0.15, -0.1) is 0 Å². The second-order valence-corrected chi connectivity index (χ2v) is 5.56. The molecule has 1 aromatic carbocycles. The normalized spacial score (nSPS) is 26.4. The van der Waals surface area contributed by atoms with Crippen molar-refractivity contribution >= 4 is 0 Å². The Bertz CT molecular complexity index is 363. The monoisotopic (exact) mass is 233 g/mol. The standard InChI is InChI=1S/C15H23NO/c1-11(2)12-5-7-13(8-6-12)14(16)15(3)9-4-10-17-15/h5-8,11,14H,4,9-10,16H2,1-3H3. The molecule has 2 N–H and O–H groups in total. The van der Waals surface area contributed by atoms with Gasteiger partial charge in [0, 0.05) is 6.61 Å². The van der Waals surface area contributed by atoms with Crippen LogP contribution in [-0.2, 0) is 4.74 Å². The predicted molar refractivity (Wildman–Crippen MR) is 71.1 cm³/mol. The van der Waals surface area contributed by atoms with Gasteiger partial charge in [0.25, 0.3) is 0 Å². The summed E-state index contributed by atoms with van der Waals surface area (Å²) in [5, 5.41) is 0. The molecule has 1 aromatic rings. The maximum atomic E-state index is 6.34. The summed E-state index contributed by atoms with van der Waals surface area (Å²) in [6, 6.07) is 8.63. The predicted octanol–water partition coefficient (Wildman–Crippen LogP) is 3.38. The first-order valence-corrected chi connectivity index (χ1v) is 6.52. The molecule has 0 amide bonds. The highest BCUT2D eigenvalue weighted by Crippen LogP contribution is 2.35. The fourth-order valence-electron chi connectivity index (χ4n) is 2.49. The summed E-state index contributed by atoms with van der Waals surface area (Å²) < 4.78 is 5.81. The number of rotatable bonds is 3. The molecule has 2 atom stereocenters. The van der Waals surface area contributed by atoms with E-state index in [0.29, 0.717) is 5.92 Å². The first-order valence-electron chi connectivity index (χ1n) is 6.52. The summed E-state index contributed by atoms with van der Waals surface area (Å²) in [7, 11) is 0. The van der Waals surface area contributed by atoms with Crippen LogP contribution in [0.1, 0.15) is 56.7 Å². The Morgan fingerprint density at radius 2 is 1.76 bits per heavy atom. The lowest BCUT2D eigenvalue weighted by Crippen LogP contribution is -2.37. The van der Waals surface area contributed by atoms with Gasteiger partial charge in [0.1, 0.15) is 0 Å². The maximum absolute atomic E-state index is 6.34. The lowest BCUT2D eigenvalue weighted by atomic mass is 9.87. The van der Waals surface area contributed by atoms with Crippen LogP contribution in [0.2, 0.25) is 0 Å². The third-order valence-electron chi connectivity index (χ3n) is 3.87. The molecule has 0 aromatic heterocycles. The highest BCUT2D eigenvalue weighted by Gasteiger charge is 2.36. The van der Waals surface area contributed by atoms with Crippen LogP contribution in [0.5, 0.6) is 0 Å². The molecule has 1 saturated heterocycles. The summed E-state index contributed by atoms with van der Waals surface area (Å²) in [6.45, 7) is 7.38. The fourth-order valence-corrected chi connectivity index (χ4v) is 2.49. The second-order valence-electron chi connectivity index (χ2n) is 5.56. The molecule has 94 valence electrons. The molecule has 1 aliphatic rings. The maximum Gasteiger partial charge on any atom is 0.0847 e. The molecular formula is C15H23NO. The molecule has 2 nitrogen and oxygen atoms in total. The summed E-state index contributed by atoms with van der Waals surface area (Å²) >= 11 is 0. The zero-order chi connectivity index (χ0) is 12.5. The molecule has 1 aliphatic heterocycles. The number of ether oxygens (including phenoxy) is 1. The fraction of sp³-hybridized carbons (Fsp3) is 0.600. The van der Waals surface area contributed by atoms with Crippen molar-refractivity contribution in [3.63, 3.8) is 0 Å². The van der Waals surface area contributed by atoms with Crippen molar-refractivity contribution in [1.82, 2.24) is 0 Å². The molecule has 0 radical (unpaired) electrons. The topological polar surface area (TPSA) is 35.2 Å². The molecule has 0 bridgehead atoms. The van der Waals surface area contributed by atoms with Gasteiger partial charge in [-0.25, -0.2) is 0 Å². The van der Waals surface area contributed by atoms with Crippen molar-refractivity contribution in [3.8, 4) is 0 Å². The van der Waals surface area contributed by atoms with Crippen molar-refractivity contribution in [2.45, 2.75) is 51.2 Å². The van der Waals surface area contributed by atoms with E-state index < -0.39 is 0 Å². The number of benzene rings is 1. The van der Waals surface area contributed by atoms with E-state index in [1.807, 2.05) is 0 Å². The van der Waals surface area contributed by atoms with Crippen LogP contribution < -0.4 is 5.73 Å². The third-order valence-corrected chi connectivity index (χ3v) is 3.87. The summed E-state index contributed by atoms with van der Waals surface area (Å²) in [5.41, 5.74) is 8.69. The second kappa shape index (κ2) is 4.79. The first-order chi connectivity index (χ1) is 8.03. The molecule has 2 unspecified atom stereocenters. The van der Waals surface area contributed by atoms with Gasteiger partial charge in [-0.3, -0.25) is 0 Å². The van der Waals surface area contributed by atoms with Crippen LogP contribution in [0.4, 0.5) is 0 Å². The molecule has 1 fully saturated rings. The van der Waals surface area contributed by atoms with Crippen molar-refractivity contribution in [2.75, 3.05) is 6.61 Å². The zero-order valence-corrected chi connectivity index (χ0v) is 11.1. The number of hydrogen-bond donors (Lipinski definition) is 1. The summed E-state index contributed by atoms with van der Waals surface area (Å²) in [4.78, 5) is 0. The van der Waals surface area contributed by atoms with Crippen molar-refractivity contribution in [2.24, 2.45) is 5.73 Å². The van der Waals surface area contributed by atoms with E-state index in [1.54, 1.807) is 0 Å². The largest absolute Gasteiger partial charge is 0.373 e. The molecule has 0 aliphatic carbocycles. The van der Waals surface area contributed by atoms with Crippen LogP contribution in [0.3, 0.4) is 0 Å². The van der Waals surface area contributed by atoms with Crippen LogP contribution in [0.15, 0.2) is 24.3 Å². The minimum atomic E-state index is -0.181. The summed E-state index contributed by atoms with van der Waals surface area (Å²) in [5.74, 6) is 0.568. The van der Waals surface area contributed by atoms with Gasteiger partial charge in [0.15, 0.2) is 0 Å². The van der Waals surface area contributed by atoms with Gasteiger partial charge in [0.2, 0.25) is 0 Å². The SMILES string of the molecule is CC(C)c1ccc(C(N)C2(C)CCCO2)cc1. The first kappa shape index (κ1) is 12.6. The van der Waals surface area contributed by atoms with E-state index in [4.69, 9.17) is 10.5 Å². The highest BCUT2D eigenvalue weighted by molar-refractivity contribution is 5.28. The summed E-state index contributed by atoms with van der Waals surface area (Å²) in [6.07, 6.45) is 2.17. The van der Waals surface area contributed by atoms with Crippen molar-refractivity contribution in [3.05, 3.63) is 35.4 Å². The Morgan fingerprint density at radius 3 is 2.24 bits per heavy atom. The van der Waals surface area contributed by atoms with E-state index in [9.17, 15) is 0 Å². The minimum Gasteiger partial charge on any atom is -0.373 e. The van der Waals surface area contributed by atoms with Crippen LogP contribution in [0, 0.1) is 0 Å². The average molecular weight is 233 g/mol. The Morgan fingerprint density at radius 1 is 1.18 bits per heavy atom. The highest BCUT2D eigenvalue weighted by atomic mass is 16.5. The van der Waals surface area contributed by atoms with Crippen molar-refractivity contribution in [1.29, 1.82) is 0 Å². The van der Waals surface area contributed by atoms with Crippen LogP contribution in [0.25, 0.3) is 0 Å². The Labute approximate surface area is 104 Å².